The number of likely N-dealkylation sites (tertiary alicyclic amines) is 1. The fraction of sp³-hybridized carbons (Fsp3) is 0.818. The van der Waals surface area contributed by atoms with Crippen molar-refractivity contribution < 1.29 is 0 Å². The highest BCUT2D eigenvalue weighted by Crippen LogP contribution is 2.10. The molecule has 1 saturated heterocycles. The minimum atomic E-state index is 0.485. The van der Waals surface area contributed by atoms with Gasteiger partial charge in [-0.15, -0.1) is 5.92 Å². The molecule has 0 saturated carbocycles. The molecule has 1 heterocycles. The van der Waals surface area contributed by atoms with Crippen LogP contribution in [0.2, 0.25) is 0 Å². The second kappa shape index (κ2) is 5.22. The maximum Gasteiger partial charge on any atom is 0.0685 e. The van der Waals surface area contributed by atoms with Gasteiger partial charge in [0, 0.05) is 6.42 Å². The van der Waals surface area contributed by atoms with Crippen LogP contribution in [0.3, 0.4) is 0 Å². The number of hydrogen-bond donors (Lipinski definition) is 0. The van der Waals surface area contributed by atoms with E-state index in [-0.39, 0.29) is 0 Å². The molecule has 1 unspecified atom stereocenters. The summed E-state index contributed by atoms with van der Waals surface area (Å²) in [5, 5.41) is 0. The first-order valence-electron chi connectivity index (χ1n) is 5.07. The molecule has 1 fully saturated rings. The van der Waals surface area contributed by atoms with Gasteiger partial charge in [0.2, 0.25) is 0 Å². The SMILES string of the molecule is CCCC#CC(C)N1CCCC1. The first-order valence-corrected chi connectivity index (χ1v) is 5.07. The Hall–Kier alpha value is -0.480. The molecule has 0 aromatic rings. The Morgan fingerprint density at radius 2 is 2.00 bits per heavy atom. The Morgan fingerprint density at radius 1 is 1.33 bits per heavy atom. The minimum Gasteiger partial charge on any atom is -0.290 e. The van der Waals surface area contributed by atoms with Gasteiger partial charge in [0.15, 0.2) is 0 Å². The predicted molar refractivity (Wildman–Crippen MR) is 53.0 cm³/mol. The largest absolute Gasteiger partial charge is 0.290 e. The van der Waals surface area contributed by atoms with E-state index in [1.807, 2.05) is 0 Å². The maximum atomic E-state index is 3.30. The lowest BCUT2D eigenvalue weighted by atomic mass is 10.2. The zero-order valence-corrected chi connectivity index (χ0v) is 8.27. The standard InChI is InChI=1S/C11H19N/c1-3-4-5-8-11(2)12-9-6-7-10-12/h11H,3-4,6-7,9-10H2,1-2H3. The fourth-order valence-electron chi connectivity index (χ4n) is 1.57. The average Bonchev–Trinajstić information content (AvgIpc) is 2.56. The van der Waals surface area contributed by atoms with Gasteiger partial charge in [-0.3, -0.25) is 4.90 Å². The Labute approximate surface area is 76.1 Å². The lowest BCUT2D eigenvalue weighted by molar-refractivity contribution is 0.308. The molecule has 1 atom stereocenters. The van der Waals surface area contributed by atoms with Crippen molar-refractivity contribution in [3.05, 3.63) is 0 Å². The first-order chi connectivity index (χ1) is 5.84. The molecule has 0 spiro atoms. The van der Waals surface area contributed by atoms with Gasteiger partial charge in [0.25, 0.3) is 0 Å². The lowest BCUT2D eigenvalue weighted by Gasteiger charge is -2.17. The van der Waals surface area contributed by atoms with E-state index in [9.17, 15) is 0 Å². The third kappa shape index (κ3) is 2.87. The molecular weight excluding hydrogens is 146 g/mol. The molecule has 1 aliphatic rings. The van der Waals surface area contributed by atoms with Crippen molar-refractivity contribution in [2.24, 2.45) is 0 Å². The summed E-state index contributed by atoms with van der Waals surface area (Å²) >= 11 is 0. The van der Waals surface area contributed by atoms with Crippen LogP contribution in [-0.2, 0) is 0 Å². The van der Waals surface area contributed by atoms with E-state index in [0.29, 0.717) is 6.04 Å². The summed E-state index contributed by atoms with van der Waals surface area (Å²) in [6.45, 7) is 6.90. The van der Waals surface area contributed by atoms with Gasteiger partial charge in [-0.25, -0.2) is 0 Å². The number of hydrogen-bond acceptors (Lipinski definition) is 1. The summed E-state index contributed by atoms with van der Waals surface area (Å²) < 4.78 is 0. The van der Waals surface area contributed by atoms with E-state index < -0.39 is 0 Å². The van der Waals surface area contributed by atoms with Crippen molar-refractivity contribution in [1.82, 2.24) is 4.90 Å². The predicted octanol–water partition coefficient (Wildman–Crippen LogP) is 2.27. The molecule has 0 aromatic carbocycles. The van der Waals surface area contributed by atoms with E-state index in [1.165, 1.54) is 32.4 Å². The van der Waals surface area contributed by atoms with E-state index in [0.717, 1.165) is 6.42 Å². The topological polar surface area (TPSA) is 3.24 Å². The van der Waals surface area contributed by atoms with Gasteiger partial charge in [-0.2, -0.15) is 0 Å². The molecule has 0 radical (unpaired) electrons. The fourth-order valence-corrected chi connectivity index (χ4v) is 1.57. The van der Waals surface area contributed by atoms with Crippen LogP contribution in [0.4, 0.5) is 0 Å². The van der Waals surface area contributed by atoms with E-state index in [4.69, 9.17) is 0 Å². The molecule has 1 nitrogen and oxygen atoms in total. The highest BCUT2D eigenvalue weighted by molar-refractivity contribution is 5.06. The van der Waals surface area contributed by atoms with Crippen molar-refractivity contribution in [3.8, 4) is 11.8 Å². The highest BCUT2D eigenvalue weighted by Gasteiger charge is 2.15. The van der Waals surface area contributed by atoms with Crippen LogP contribution in [0, 0.1) is 11.8 Å². The van der Waals surface area contributed by atoms with Gasteiger partial charge in [-0.1, -0.05) is 12.8 Å². The van der Waals surface area contributed by atoms with Crippen LogP contribution in [0.5, 0.6) is 0 Å². The molecule has 1 heteroatoms. The third-order valence-electron chi connectivity index (χ3n) is 2.37. The average molecular weight is 165 g/mol. The molecule has 0 N–H and O–H groups in total. The number of rotatable bonds is 2. The van der Waals surface area contributed by atoms with Gasteiger partial charge >= 0.3 is 0 Å². The molecule has 0 bridgehead atoms. The Bertz CT molecular complexity index is 169. The van der Waals surface area contributed by atoms with Gasteiger partial charge < -0.3 is 0 Å². The van der Waals surface area contributed by atoms with Gasteiger partial charge in [0.05, 0.1) is 6.04 Å². The molecule has 0 amide bonds. The Balaban J connectivity index is 2.27. The zero-order valence-electron chi connectivity index (χ0n) is 8.27. The minimum absolute atomic E-state index is 0.485. The Kier molecular flexibility index (Phi) is 4.18. The summed E-state index contributed by atoms with van der Waals surface area (Å²) in [6.07, 6.45) is 4.96. The molecular formula is C11H19N. The van der Waals surface area contributed by atoms with E-state index >= 15 is 0 Å². The summed E-state index contributed by atoms with van der Waals surface area (Å²) in [4.78, 5) is 2.47. The number of nitrogens with zero attached hydrogens (tertiary/aromatic N) is 1. The quantitative estimate of drug-likeness (QED) is 0.567. The van der Waals surface area contributed by atoms with E-state index in [2.05, 4.69) is 30.6 Å². The third-order valence-corrected chi connectivity index (χ3v) is 2.37. The second-order valence-electron chi connectivity index (χ2n) is 3.49. The molecule has 1 aliphatic heterocycles. The van der Waals surface area contributed by atoms with Crippen molar-refractivity contribution in [2.45, 2.75) is 45.6 Å². The Morgan fingerprint density at radius 3 is 2.58 bits per heavy atom. The van der Waals surface area contributed by atoms with Gasteiger partial charge in [-0.05, 0) is 39.3 Å². The van der Waals surface area contributed by atoms with Crippen molar-refractivity contribution >= 4 is 0 Å². The highest BCUT2D eigenvalue weighted by atomic mass is 15.2. The number of unbranched alkanes of at least 4 members (excludes halogenated alkanes) is 1. The summed E-state index contributed by atoms with van der Waals surface area (Å²) in [5.74, 6) is 6.52. The van der Waals surface area contributed by atoms with Crippen LogP contribution >= 0.6 is 0 Å². The molecule has 1 rings (SSSR count). The first kappa shape index (κ1) is 9.61. The van der Waals surface area contributed by atoms with Crippen LogP contribution in [0.1, 0.15) is 39.5 Å². The molecule has 12 heavy (non-hydrogen) atoms. The normalized spacial score (nSPS) is 20.2. The summed E-state index contributed by atoms with van der Waals surface area (Å²) in [6, 6.07) is 0.485. The molecule has 68 valence electrons. The van der Waals surface area contributed by atoms with Crippen LogP contribution in [-0.4, -0.2) is 24.0 Å². The lowest BCUT2D eigenvalue weighted by Crippen LogP contribution is -2.28. The van der Waals surface area contributed by atoms with Gasteiger partial charge in [0.1, 0.15) is 0 Å². The van der Waals surface area contributed by atoms with Crippen LogP contribution < -0.4 is 0 Å². The monoisotopic (exact) mass is 165 g/mol. The van der Waals surface area contributed by atoms with Crippen molar-refractivity contribution in [1.29, 1.82) is 0 Å². The van der Waals surface area contributed by atoms with E-state index in [1.54, 1.807) is 0 Å². The van der Waals surface area contributed by atoms with Crippen LogP contribution in [0.15, 0.2) is 0 Å². The maximum absolute atomic E-state index is 3.30. The van der Waals surface area contributed by atoms with Crippen molar-refractivity contribution in [3.63, 3.8) is 0 Å². The summed E-state index contributed by atoms with van der Waals surface area (Å²) in [5.41, 5.74) is 0. The summed E-state index contributed by atoms with van der Waals surface area (Å²) in [7, 11) is 0. The smallest absolute Gasteiger partial charge is 0.0685 e. The van der Waals surface area contributed by atoms with Crippen LogP contribution in [0.25, 0.3) is 0 Å². The second-order valence-corrected chi connectivity index (χ2v) is 3.49. The molecule has 0 aliphatic carbocycles. The molecule has 0 aromatic heterocycles. The van der Waals surface area contributed by atoms with Crippen molar-refractivity contribution in [2.75, 3.05) is 13.1 Å². The zero-order chi connectivity index (χ0) is 8.81.